The Labute approximate surface area is 110 Å². The molecule has 7 heteroatoms. The molecule has 0 aromatic heterocycles. The van der Waals surface area contributed by atoms with Crippen LogP contribution < -0.4 is 16.7 Å². The van der Waals surface area contributed by atoms with Crippen LogP contribution in [0.1, 0.15) is 5.56 Å². The van der Waals surface area contributed by atoms with Crippen molar-refractivity contribution in [2.75, 3.05) is 18.3 Å². The fraction of sp³-hybridized carbons (Fsp3) is 0.300. The number of benzene rings is 1. The van der Waals surface area contributed by atoms with E-state index in [2.05, 4.69) is 12.6 Å². The molecule has 4 N–H and O–H groups in total. The number of thiol groups is 1. The molecule has 0 unspecified atom stereocenters. The molecule has 0 bridgehead atoms. The Morgan fingerprint density at radius 2 is 2.12 bits per heavy atom. The summed E-state index contributed by atoms with van der Waals surface area (Å²) in [6, 6.07) is 5.10. The first-order valence-corrected chi connectivity index (χ1v) is 6.72. The Kier molecular flexibility index (Phi) is 5.13. The summed E-state index contributed by atoms with van der Waals surface area (Å²) in [4.78, 5) is 12.7. The predicted molar refractivity (Wildman–Crippen MR) is 74.9 cm³/mol. The number of hydrazine groups is 2. The second-order valence-electron chi connectivity index (χ2n) is 3.38. The van der Waals surface area contributed by atoms with E-state index in [-0.39, 0.29) is 0 Å². The predicted octanol–water partition coefficient (Wildman–Crippen LogP) is 1.44. The molecule has 1 aromatic carbocycles. The zero-order valence-corrected chi connectivity index (χ0v) is 11.5. The Hall–Kier alpha value is -0.890. The van der Waals surface area contributed by atoms with Gasteiger partial charge in [0, 0.05) is 23.3 Å². The largest absolute Gasteiger partial charge is 0.352 e. The molecular weight excluding hydrogens is 256 g/mol. The van der Waals surface area contributed by atoms with Crippen LogP contribution in [0.2, 0.25) is 0 Å². The van der Waals surface area contributed by atoms with Gasteiger partial charge in [0.15, 0.2) is 0 Å². The highest BCUT2D eigenvalue weighted by Crippen LogP contribution is 2.30. The van der Waals surface area contributed by atoms with Gasteiger partial charge in [0.1, 0.15) is 0 Å². The van der Waals surface area contributed by atoms with Crippen molar-refractivity contribution < 1.29 is 4.79 Å². The van der Waals surface area contributed by atoms with Crippen molar-refractivity contribution in [1.82, 2.24) is 5.01 Å². The second kappa shape index (κ2) is 6.15. The van der Waals surface area contributed by atoms with E-state index in [0.717, 1.165) is 20.5 Å². The van der Waals surface area contributed by atoms with Gasteiger partial charge in [-0.05, 0) is 18.4 Å². The molecule has 0 atom stereocenters. The van der Waals surface area contributed by atoms with E-state index < -0.39 is 6.03 Å². The molecule has 1 rings (SSSR count). The van der Waals surface area contributed by atoms with Gasteiger partial charge in [0.25, 0.3) is 0 Å². The number of hydrogen-bond acceptors (Lipinski definition) is 5. The summed E-state index contributed by atoms with van der Waals surface area (Å²) in [5.74, 6) is 11.6. The lowest BCUT2D eigenvalue weighted by molar-refractivity contribution is 0.216. The van der Waals surface area contributed by atoms with Gasteiger partial charge in [-0.2, -0.15) is 12.6 Å². The number of nitrogens with zero attached hydrogens (tertiary/aromatic N) is 2. The van der Waals surface area contributed by atoms with Crippen LogP contribution in [0.25, 0.3) is 0 Å². The minimum atomic E-state index is -0.480. The molecule has 94 valence electrons. The summed E-state index contributed by atoms with van der Waals surface area (Å²) in [5.41, 5.74) is 1.54. The first-order chi connectivity index (χ1) is 8.02. The summed E-state index contributed by atoms with van der Waals surface area (Å²) in [7, 11) is 1.45. The zero-order valence-electron chi connectivity index (χ0n) is 9.75. The van der Waals surface area contributed by atoms with Crippen molar-refractivity contribution >= 4 is 36.1 Å². The third-order valence-corrected chi connectivity index (χ3v) is 3.39. The summed E-state index contributed by atoms with van der Waals surface area (Å²) in [6.07, 6.45) is 1.96. The molecule has 0 fully saturated rings. The zero-order chi connectivity index (χ0) is 13.0. The van der Waals surface area contributed by atoms with Crippen LogP contribution in [0, 0.1) is 0 Å². The Bertz CT molecular complexity index is 411. The van der Waals surface area contributed by atoms with Gasteiger partial charge >= 0.3 is 6.03 Å². The van der Waals surface area contributed by atoms with Gasteiger partial charge in [-0.1, -0.05) is 6.07 Å². The quantitative estimate of drug-likeness (QED) is 0.256. The van der Waals surface area contributed by atoms with E-state index in [1.165, 1.54) is 7.05 Å². The number of nitrogens with two attached hydrogens (primary N) is 2. The van der Waals surface area contributed by atoms with Gasteiger partial charge in [0.05, 0.1) is 5.69 Å². The summed E-state index contributed by atoms with van der Waals surface area (Å²) >= 11 is 5.85. The number of hydrogen-bond donors (Lipinski definition) is 3. The fourth-order valence-corrected chi connectivity index (χ4v) is 2.48. The molecular formula is C10H16N4OS2. The van der Waals surface area contributed by atoms with Crippen molar-refractivity contribution in [2.24, 2.45) is 11.7 Å². The minimum Gasteiger partial charge on any atom is -0.264 e. The van der Waals surface area contributed by atoms with Gasteiger partial charge in [0.2, 0.25) is 0 Å². The van der Waals surface area contributed by atoms with E-state index in [4.69, 9.17) is 11.7 Å². The van der Waals surface area contributed by atoms with Crippen LogP contribution in [0.3, 0.4) is 0 Å². The highest BCUT2D eigenvalue weighted by molar-refractivity contribution is 7.98. The molecule has 1 aromatic rings. The van der Waals surface area contributed by atoms with Crippen molar-refractivity contribution in [3.8, 4) is 0 Å². The second-order valence-corrected chi connectivity index (χ2v) is 4.54. The van der Waals surface area contributed by atoms with E-state index in [9.17, 15) is 4.79 Å². The highest BCUT2D eigenvalue weighted by atomic mass is 32.2. The van der Waals surface area contributed by atoms with Crippen molar-refractivity contribution in [1.29, 1.82) is 0 Å². The Morgan fingerprint density at radius 1 is 1.47 bits per heavy atom. The number of carbonyl (C=O) groups excluding carboxylic acids is 1. The van der Waals surface area contributed by atoms with Crippen LogP contribution >= 0.6 is 24.4 Å². The lowest BCUT2D eigenvalue weighted by Crippen LogP contribution is -2.48. The maximum Gasteiger partial charge on any atom is 0.352 e. The number of thioether (sulfide) groups is 1. The topological polar surface area (TPSA) is 75.6 Å². The van der Waals surface area contributed by atoms with E-state index in [0.29, 0.717) is 11.4 Å². The van der Waals surface area contributed by atoms with E-state index >= 15 is 0 Å². The number of carbonyl (C=O) groups is 1. The average molecular weight is 272 g/mol. The molecule has 0 aliphatic carbocycles. The summed E-state index contributed by atoms with van der Waals surface area (Å²) in [6.45, 7) is 0. The number of amides is 2. The van der Waals surface area contributed by atoms with Crippen LogP contribution in [0.4, 0.5) is 10.5 Å². The summed E-state index contributed by atoms with van der Waals surface area (Å²) < 4.78 is 0. The average Bonchev–Trinajstić information content (AvgIpc) is 2.35. The van der Waals surface area contributed by atoms with Gasteiger partial charge in [-0.3, -0.25) is 5.01 Å². The van der Waals surface area contributed by atoms with E-state index in [1.54, 1.807) is 17.8 Å². The van der Waals surface area contributed by atoms with Crippen LogP contribution in [-0.4, -0.2) is 24.3 Å². The third kappa shape index (κ3) is 3.06. The monoisotopic (exact) mass is 272 g/mol. The maximum atomic E-state index is 11.7. The number of rotatable bonds is 3. The van der Waals surface area contributed by atoms with Gasteiger partial charge < -0.3 is 0 Å². The molecule has 0 aliphatic heterocycles. The maximum absolute atomic E-state index is 11.7. The van der Waals surface area contributed by atoms with Crippen LogP contribution in [-0.2, 0) is 5.75 Å². The molecule has 5 nitrogen and oxygen atoms in total. The first-order valence-electron chi connectivity index (χ1n) is 4.86. The fourth-order valence-electron chi connectivity index (χ4n) is 1.40. The Balaban J connectivity index is 3.17. The van der Waals surface area contributed by atoms with Crippen LogP contribution in [0.5, 0.6) is 0 Å². The standard InChI is InChI=1S/C10H16N4OS2/c1-13(11)10(15)14(12)8-4-3-5-9(17-2)7(8)6-16/h3-5,16H,6,11-12H2,1-2H3. The minimum absolute atomic E-state index is 0.480. The molecule has 2 amide bonds. The SMILES string of the molecule is CSc1cccc(N(N)C(=O)N(C)N)c1CS. The van der Waals surface area contributed by atoms with E-state index in [1.807, 2.05) is 18.4 Å². The molecule has 0 spiro atoms. The molecule has 0 radical (unpaired) electrons. The molecule has 0 heterocycles. The number of anilines is 1. The van der Waals surface area contributed by atoms with Gasteiger partial charge in [-0.15, -0.1) is 11.8 Å². The molecule has 0 aliphatic rings. The highest BCUT2D eigenvalue weighted by Gasteiger charge is 2.18. The van der Waals surface area contributed by atoms with Crippen LogP contribution in [0.15, 0.2) is 23.1 Å². The lowest BCUT2D eigenvalue weighted by atomic mass is 10.2. The van der Waals surface area contributed by atoms with Crippen molar-refractivity contribution in [3.05, 3.63) is 23.8 Å². The van der Waals surface area contributed by atoms with Crippen molar-refractivity contribution in [2.45, 2.75) is 10.6 Å². The Morgan fingerprint density at radius 3 is 2.59 bits per heavy atom. The van der Waals surface area contributed by atoms with Crippen molar-refractivity contribution in [3.63, 3.8) is 0 Å². The molecule has 0 saturated heterocycles. The third-order valence-electron chi connectivity index (χ3n) is 2.25. The summed E-state index contributed by atoms with van der Waals surface area (Å²) in [5, 5.41) is 1.97. The first kappa shape index (κ1) is 14.2. The molecule has 0 saturated carbocycles. The normalized spacial score (nSPS) is 10.2. The smallest absolute Gasteiger partial charge is 0.264 e. The van der Waals surface area contributed by atoms with Gasteiger partial charge in [-0.25, -0.2) is 21.5 Å². The number of urea groups is 1. The lowest BCUT2D eigenvalue weighted by Gasteiger charge is -2.23. The molecule has 17 heavy (non-hydrogen) atoms.